The Hall–Kier alpha value is -1.92. The first-order valence-electron chi connectivity index (χ1n) is 10.2. The van der Waals surface area contributed by atoms with Crippen molar-refractivity contribution in [1.82, 2.24) is 5.32 Å². The summed E-state index contributed by atoms with van der Waals surface area (Å²) in [5, 5.41) is 2.25. The maximum atomic E-state index is 13.1. The van der Waals surface area contributed by atoms with E-state index in [2.05, 4.69) is 19.2 Å². The van der Waals surface area contributed by atoms with Crippen LogP contribution in [0, 0.1) is 34.5 Å². The zero-order valence-electron chi connectivity index (χ0n) is 17.5. The largest absolute Gasteiger partial charge is 0.458 e. The van der Waals surface area contributed by atoms with E-state index in [1.165, 1.54) is 6.92 Å². The Morgan fingerprint density at radius 3 is 2.46 bits per heavy atom. The quantitative estimate of drug-likeness (QED) is 0.549. The predicted octanol–water partition coefficient (Wildman–Crippen LogP) is 2.22. The Kier molecular flexibility index (Phi) is 5.09. The van der Waals surface area contributed by atoms with E-state index in [-0.39, 0.29) is 30.1 Å². The highest BCUT2D eigenvalue weighted by Gasteiger charge is 2.74. The Bertz CT molecular complexity index is 716. The van der Waals surface area contributed by atoms with Crippen molar-refractivity contribution in [3.05, 3.63) is 0 Å². The minimum Gasteiger partial charge on any atom is -0.458 e. The summed E-state index contributed by atoms with van der Waals surface area (Å²) >= 11 is 0. The number of hydrogen-bond donors (Lipinski definition) is 1. The molecule has 28 heavy (non-hydrogen) atoms. The molecule has 2 saturated carbocycles. The number of nitrogens with one attached hydrogen (secondary N) is 1. The lowest BCUT2D eigenvalue weighted by Gasteiger charge is -2.36. The molecule has 6 unspecified atom stereocenters. The Morgan fingerprint density at radius 2 is 1.93 bits per heavy atom. The van der Waals surface area contributed by atoms with E-state index in [1.54, 1.807) is 0 Å². The van der Waals surface area contributed by atoms with Gasteiger partial charge in [0.1, 0.15) is 12.2 Å². The van der Waals surface area contributed by atoms with E-state index in [4.69, 9.17) is 9.47 Å². The fourth-order valence-electron chi connectivity index (χ4n) is 5.40. The predicted molar refractivity (Wildman–Crippen MR) is 99.6 cm³/mol. The van der Waals surface area contributed by atoms with Crippen molar-refractivity contribution >= 4 is 23.8 Å². The number of ether oxygens (including phenoxy) is 2. The lowest BCUT2D eigenvalue weighted by atomic mass is 9.72. The van der Waals surface area contributed by atoms with Crippen LogP contribution < -0.4 is 5.32 Å². The standard InChI is InChI=1S/C21H31NO6/c1-10(2)8-20(6,11(3)4)18(25)27-15-13-7-14-16(15)28-19(26)21(14,9-13)17(24)22-12(5)23/h10-11,13-16H,7-9H2,1-6H3,(H,22,23,24). The van der Waals surface area contributed by atoms with Crippen molar-refractivity contribution < 1.29 is 28.7 Å². The summed E-state index contributed by atoms with van der Waals surface area (Å²) in [6.07, 6.45) is 0.421. The zero-order valence-corrected chi connectivity index (χ0v) is 17.5. The van der Waals surface area contributed by atoms with Crippen LogP contribution in [0.4, 0.5) is 0 Å². The highest BCUT2D eigenvalue weighted by molar-refractivity contribution is 6.10. The molecule has 7 nitrogen and oxygen atoms in total. The first-order chi connectivity index (χ1) is 12.9. The van der Waals surface area contributed by atoms with Crippen molar-refractivity contribution in [1.29, 1.82) is 0 Å². The number of carbonyl (C=O) groups is 4. The fourth-order valence-corrected chi connectivity index (χ4v) is 5.40. The molecular weight excluding hydrogens is 362 g/mol. The average molecular weight is 393 g/mol. The minimum atomic E-state index is -1.32. The fraction of sp³-hybridized carbons (Fsp3) is 0.810. The minimum absolute atomic E-state index is 0.104. The van der Waals surface area contributed by atoms with Gasteiger partial charge in [-0.1, -0.05) is 27.7 Å². The molecule has 156 valence electrons. The van der Waals surface area contributed by atoms with Crippen molar-refractivity contribution in [2.24, 2.45) is 34.5 Å². The molecule has 0 radical (unpaired) electrons. The first-order valence-corrected chi connectivity index (χ1v) is 10.2. The van der Waals surface area contributed by atoms with Gasteiger partial charge in [0, 0.05) is 18.8 Å². The van der Waals surface area contributed by atoms with Crippen LogP contribution in [0.5, 0.6) is 0 Å². The first kappa shape index (κ1) is 20.8. The number of amides is 2. The lowest BCUT2D eigenvalue weighted by Crippen LogP contribution is -2.51. The van der Waals surface area contributed by atoms with E-state index in [0.29, 0.717) is 18.8 Å². The molecule has 3 fully saturated rings. The number of carbonyl (C=O) groups excluding carboxylic acids is 4. The van der Waals surface area contributed by atoms with Gasteiger partial charge in [-0.2, -0.15) is 0 Å². The summed E-state index contributed by atoms with van der Waals surface area (Å²) < 4.78 is 11.5. The topological polar surface area (TPSA) is 98.8 Å². The second-order valence-electron chi connectivity index (χ2n) is 9.70. The van der Waals surface area contributed by atoms with Crippen LogP contribution in [0.25, 0.3) is 0 Å². The van der Waals surface area contributed by atoms with E-state index in [0.717, 1.165) is 0 Å². The van der Waals surface area contributed by atoms with E-state index >= 15 is 0 Å². The molecule has 1 saturated heterocycles. The average Bonchev–Trinajstić information content (AvgIpc) is 3.15. The van der Waals surface area contributed by atoms with Gasteiger partial charge in [0.2, 0.25) is 11.8 Å². The summed E-state index contributed by atoms with van der Waals surface area (Å²) in [6.45, 7) is 11.3. The second-order valence-corrected chi connectivity index (χ2v) is 9.70. The highest BCUT2D eigenvalue weighted by Crippen LogP contribution is 2.62. The smallest absolute Gasteiger partial charge is 0.322 e. The van der Waals surface area contributed by atoms with Gasteiger partial charge in [-0.15, -0.1) is 0 Å². The maximum Gasteiger partial charge on any atom is 0.322 e. The number of rotatable bonds is 6. The van der Waals surface area contributed by atoms with Crippen molar-refractivity contribution in [2.75, 3.05) is 0 Å². The molecule has 1 N–H and O–H groups in total. The Morgan fingerprint density at radius 1 is 1.29 bits per heavy atom. The maximum absolute atomic E-state index is 13.1. The van der Waals surface area contributed by atoms with Gasteiger partial charge < -0.3 is 9.47 Å². The molecule has 2 bridgehead atoms. The molecule has 2 aliphatic carbocycles. The molecule has 6 atom stereocenters. The van der Waals surface area contributed by atoms with Crippen LogP contribution in [0.3, 0.4) is 0 Å². The van der Waals surface area contributed by atoms with Crippen LogP contribution in [-0.4, -0.2) is 36.0 Å². The SMILES string of the molecule is CC(=O)NC(=O)C12CC3CC1C(OC2=O)C3OC(=O)C(C)(CC(C)C)C(C)C. The monoisotopic (exact) mass is 393 g/mol. The van der Waals surface area contributed by atoms with Crippen LogP contribution in [0.15, 0.2) is 0 Å². The van der Waals surface area contributed by atoms with E-state index < -0.39 is 40.8 Å². The normalized spacial score (nSPS) is 35.1. The Balaban J connectivity index is 1.79. The number of hydrogen-bond acceptors (Lipinski definition) is 6. The van der Waals surface area contributed by atoms with Gasteiger partial charge in [-0.3, -0.25) is 24.5 Å². The van der Waals surface area contributed by atoms with Crippen molar-refractivity contribution in [3.63, 3.8) is 0 Å². The molecule has 0 aromatic carbocycles. The third-order valence-corrected chi connectivity index (χ3v) is 7.08. The molecule has 1 heterocycles. The second kappa shape index (κ2) is 6.85. The molecule has 0 aromatic heterocycles. The molecule has 3 rings (SSSR count). The van der Waals surface area contributed by atoms with Gasteiger partial charge in [-0.05, 0) is 38.0 Å². The van der Waals surface area contributed by atoms with Gasteiger partial charge in [-0.25, -0.2) is 0 Å². The summed E-state index contributed by atoms with van der Waals surface area (Å²) in [5.41, 5.74) is -1.94. The van der Waals surface area contributed by atoms with Crippen molar-refractivity contribution in [3.8, 4) is 0 Å². The van der Waals surface area contributed by atoms with Gasteiger partial charge in [0.15, 0.2) is 5.41 Å². The molecule has 3 aliphatic rings. The third kappa shape index (κ3) is 2.94. The summed E-state index contributed by atoms with van der Waals surface area (Å²) in [7, 11) is 0. The molecule has 2 amide bonds. The van der Waals surface area contributed by atoms with Crippen LogP contribution >= 0.6 is 0 Å². The Labute approximate surface area is 165 Å². The van der Waals surface area contributed by atoms with Crippen LogP contribution in [0.1, 0.15) is 60.8 Å². The number of fused-ring (bicyclic) bond motifs is 1. The van der Waals surface area contributed by atoms with E-state index in [1.807, 2.05) is 20.8 Å². The molecule has 0 spiro atoms. The van der Waals surface area contributed by atoms with Gasteiger partial charge >= 0.3 is 11.9 Å². The number of imide groups is 1. The van der Waals surface area contributed by atoms with Crippen molar-refractivity contribution in [2.45, 2.75) is 73.0 Å². The summed E-state index contributed by atoms with van der Waals surface area (Å²) in [6, 6.07) is 0. The van der Waals surface area contributed by atoms with Gasteiger partial charge in [0.05, 0.1) is 5.41 Å². The lowest BCUT2D eigenvalue weighted by molar-refractivity contribution is -0.174. The molecular formula is C21H31NO6. The number of esters is 2. The summed E-state index contributed by atoms with van der Waals surface area (Å²) in [4.78, 5) is 49.6. The molecule has 1 aliphatic heterocycles. The molecule has 7 heteroatoms. The zero-order chi connectivity index (χ0) is 21.0. The van der Waals surface area contributed by atoms with Crippen LogP contribution in [0.2, 0.25) is 0 Å². The summed E-state index contributed by atoms with van der Waals surface area (Å²) in [5.74, 6) is -1.97. The highest BCUT2D eigenvalue weighted by atomic mass is 16.6. The molecule has 0 aromatic rings. The van der Waals surface area contributed by atoms with Gasteiger partial charge in [0.25, 0.3) is 0 Å². The van der Waals surface area contributed by atoms with Crippen LogP contribution in [-0.2, 0) is 28.7 Å². The third-order valence-electron chi connectivity index (χ3n) is 7.08. The van der Waals surface area contributed by atoms with E-state index in [9.17, 15) is 19.2 Å².